The van der Waals surface area contributed by atoms with E-state index < -0.39 is 13.5 Å². The van der Waals surface area contributed by atoms with E-state index in [4.69, 9.17) is 13.8 Å². The van der Waals surface area contributed by atoms with Crippen molar-refractivity contribution in [3.05, 3.63) is 29.3 Å². The molecule has 7 heteroatoms. The first-order valence-electron chi connectivity index (χ1n) is 10.1. The van der Waals surface area contributed by atoms with Crippen molar-refractivity contribution in [2.45, 2.75) is 69.6 Å². The summed E-state index contributed by atoms with van der Waals surface area (Å²) in [6.07, 6.45) is 2.08. The molecule has 0 aliphatic carbocycles. The van der Waals surface area contributed by atoms with Gasteiger partial charge in [-0.05, 0) is 42.9 Å². The summed E-state index contributed by atoms with van der Waals surface area (Å²) in [5.74, 6) is 0.370. The molecule has 0 radical (unpaired) electrons. The first kappa shape index (κ1) is 20.1. The van der Waals surface area contributed by atoms with E-state index in [0.29, 0.717) is 25.2 Å². The van der Waals surface area contributed by atoms with E-state index in [2.05, 4.69) is 31.7 Å². The van der Waals surface area contributed by atoms with E-state index in [-0.39, 0.29) is 23.1 Å². The van der Waals surface area contributed by atoms with Gasteiger partial charge < -0.3 is 14.2 Å². The Bertz CT molecular complexity index is 793. The molecule has 0 amide bonds. The minimum Gasteiger partial charge on any atom is -0.624 e. The molecule has 154 valence electrons. The summed E-state index contributed by atoms with van der Waals surface area (Å²) in [6.45, 7) is 9.42. The Balaban J connectivity index is 1.87. The maximum absolute atomic E-state index is 13.8. The summed E-state index contributed by atoms with van der Waals surface area (Å²) < 4.78 is 16.9. The number of methoxy groups -OCH3 is 1. The van der Waals surface area contributed by atoms with Crippen LogP contribution >= 0.6 is 7.94 Å². The minimum absolute atomic E-state index is 0.0192. The third-order valence-corrected chi connectivity index (χ3v) is 8.83. The van der Waals surface area contributed by atoms with Gasteiger partial charge in [0.05, 0.1) is 19.8 Å². The molecule has 0 N–H and O–H groups in total. The smallest absolute Gasteiger partial charge is 0.326 e. The van der Waals surface area contributed by atoms with Crippen LogP contribution in [-0.2, 0) is 19.5 Å². The number of esters is 1. The fourth-order valence-corrected chi connectivity index (χ4v) is 7.55. The van der Waals surface area contributed by atoms with Crippen molar-refractivity contribution >= 4 is 13.9 Å². The Morgan fingerprint density at radius 2 is 2.18 bits per heavy atom. The second-order valence-electron chi connectivity index (χ2n) is 9.09. The number of fused-ring (bicyclic) bond motifs is 5. The lowest BCUT2D eigenvalue weighted by atomic mass is 9.85. The van der Waals surface area contributed by atoms with Gasteiger partial charge in [-0.2, -0.15) is 0 Å². The highest BCUT2D eigenvalue weighted by Crippen LogP contribution is 2.71. The van der Waals surface area contributed by atoms with Gasteiger partial charge >= 0.3 is 5.97 Å². The fraction of sp³-hybridized carbons (Fsp3) is 0.667. The van der Waals surface area contributed by atoms with Crippen LogP contribution in [0, 0.1) is 0 Å². The number of hydrogen-bond donors (Lipinski definition) is 0. The minimum atomic E-state index is -3.40. The predicted octanol–water partition coefficient (Wildman–Crippen LogP) is 3.36. The lowest BCUT2D eigenvalue weighted by Crippen LogP contribution is -2.47. The van der Waals surface area contributed by atoms with Gasteiger partial charge in [0.2, 0.25) is 0 Å². The van der Waals surface area contributed by atoms with Crippen LogP contribution in [0.25, 0.3) is 0 Å². The highest BCUT2D eigenvalue weighted by molar-refractivity contribution is 7.60. The van der Waals surface area contributed by atoms with E-state index in [9.17, 15) is 9.69 Å². The molecule has 0 saturated carbocycles. The SMILES string of the molecule is CCO[P+]1([O-])Oc2ccc(C(C)(C)C)cc2[C@H]2[C@@H]1C[C@@]1(C(=O)OC)CCCN21. The zero-order chi connectivity index (χ0) is 20.3. The number of ether oxygens (including phenoxy) is 1. The average Bonchev–Trinajstić information content (AvgIpc) is 3.18. The summed E-state index contributed by atoms with van der Waals surface area (Å²) >= 11 is 0. The van der Waals surface area contributed by atoms with Crippen molar-refractivity contribution in [3.63, 3.8) is 0 Å². The number of rotatable bonds is 3. The van der Waals surface area contributed by atoms with Gasteiger partial charge in [-0.25, -0.2) is 4.52 Å². The van der Waals surface area contributed by atoms with Crippen molar-refractivity contribution in [3.8, 4) is 5.75 Å². The van der Waals surface area contributed by atoms with Crippen LogP contribution in [0.5, 0.6) is 5.75 Å². The molecular weight excluding hydrogens is 377 g/mol. The molecule has 4 rings (SSSR count). The van der Waals surface area contributed by atoms with Gasteiger partial charge in [-0.1, -0.05) is 26.8 Å². The third-order valence-electron chi connectivity index (χ3n) is 6.49. The Labute approximate surface area is 167 Å². The lowest BCUT2D eigenvalue weighted by Gasteiger charge is -2.41. The second-order valence-corrected chi connectivity index (χ2v) is 11.3. The second kappa shape index (κ2) is 6.66. The molecule has 0 spiro atoms. The molecule has 3 aliphatic rings. The van der Waals surface area contributed by atoms with Crippen LogP contribution in [0.4, 0.5) is 0 Å². The van der Waals surface area contributed by atoms with Crippen LogP contribution in [0.3, 0.4) is 0 Å². The molecule has 2 fully saturated rings. The van der Waals surface area contributed by atoms with E-state index in [0.717, 1.165) is 18.5 Å². The highest BCUT2D eigenvalue weighted by Gasteiger charge is 2.68. The summed E-state index contributed by atoms with van der Waals surface area (Å²) in [5, 5.41) is 0. The van der Waals surface area contributed by atoms with Crippen LogP contribution in [0.2, 0.25) is 0 Å². The van der Waals surface area contributed by atoms with Crippen molar-refractivity contribution in [1.29, 1.82) is 0 Å². The average molecular weight is 407 g/mol. The third kappa shape index (κ3) is 2.80. The summed E-state index contributed by atoms with van der Waals surface area (Å²) in [6, 6.07) is 5.94. The van der Waals surface area contributed by atoms with Crippen LogP contribution in [0.1, 0.15) is 64.1 Å². The van der Waals surface area contributed by atoms with Crippen LogP contribution in [0.15, 0.2) is 18.2 Å². The number of carbonyl (C=O) groups is 1. The molecule has 3 aliphatic heterocycles. The zero-order valence-electron chi connectivity index (χ0n) is 17.4. The van der Waals surface area contributed by atoms with Gasteiger partial charge in [-0.15, -0.1) is 0 Å². The largest absolute Gasteiger partial charge is 0.624 e. The van der Waals surface area contributed by atoms with Crippen molar-refractivity contribution in [2.24, 2.45) is 0 Å². The van der Waals surface area contributed by atoms with Crippen molar-refractivity contribution < 1.29 is 23.5 Å². The zero-order valence-corrected chi connectivity index (χ0v) is 18.3. The fourth-order valence-electron chi connectivity index (χ4n) is 5.18. The van der Waals surface area contributed by atoms with Gasteiger partial charge in [0.25, 0.3) is 7.94 Å². The molecule has 28 heavy (non-hydrogen) atoms. The molecule has 1 aromatic carbocycles. The summed E-state index contributed by atoms with van der Waals surface area (Å²) in [4.78, 5) is 28.8. The molecule has 0 aromatic heterocycles. The predicted molar refractivity (Wildman–Crippen MR) is 106 cm³/mol. The summed E-state index contributed by atoms with van der Waals surface area (Å²) in [7, 11) is -1.97. The Hall–Kier alpha value is -1.20. The van der Waals surface area contributed by atoms with E-state index in [1.807, 2.05) is 19.1 Å². The van der Waals surface area contributed by atoms with Crippen molar-refractivity contribution in [1.82, 2.24) is 4.90 Å². The number of carbonyl (C=O) groups excluding carboxylic acids is 1. The quantitative estimate of drug-likeness (QED) is 0.565. The van der Waals surface area contributed by atoms with Crippen molar-refractivity contribution in [2.75, 3.05) is 20.3 Å². The molecule has 1 aromatic rings. The van der Waals surface area contributed by atoms with Gasteiger partial charge in [0.1, 0.15) is 11.2 Å². The lowest BCUT2D eigenvalue weighted by molar-refractivity contribution is -0.215. The number of benzene rings is 1. The first-order chi connectivity index (χ1) is 13.2. The number of nitrogens with zero attached hydrogens (tertiary/aromatic N) is 1. The standard InChI is InChI=1S/C21H30NO5P/c1-6-26-28(24)17-13-21(19(23)25-5)10-7-11-22(21)18(17)15-12-14(20(2,3)4)8-9-16(15)27-28/h8-9,12,17-18H,6-7,10-11,13H2,1-5H3/t17-,18-,21+,28?/m0/s1. The maximum atomic E-state index is 13.8. The number of hydrogen-bond acceptors (Lipinski definition) is 6. The summed E-state index contributed by atoms with van der Waals surface area (Å²) in [5.41, 5.74) is 1.08. The molecule has 2 saturated heterocycles. The molecule has 4 atom stereocenters. The van der Waals surface area contributed by atoms with Gasteiger partial charge in [0.15, 0.2) is 5.75 Å². The Kier molecular flexibility index (Phi) is 4.78. The molecule has 1 unspecified atom stereocenters. The van der Waals surface area contributed by atoms with E-state index in [1.165, 1.54) is 12.7 Å². The molecular formula is C21H30NO5P. The monoisotopic (exact) mass is 407 g/mol. The molecule has 0 bridgehead atoms. The topological polar surface area (TPSA) is 71.1 Å². The Morgan fingerprint density at radius 3 is 2.82 bits per heavy atom. The van der Waals surface area contributed by atoms with E-state index in [1.54, 1.807) is 0 Å². The first-order valence-corrected chi connectivity index (χ1v) is 11.7. The van der Waals surface area contributed by atoms with E-state index >= 15 is 0 Å². The van der Waals surface area contributed by atoms with Crippen LogP contribution in [-0.4, -0.2) is 42.3 Å². The van der Waals surface area contributed by atoms with Crippen LogP contribution < -0.4 is 9.42 Å². The van der Waals surface area contributed by atoms with Gasteiger partial charge in [-0.3, -0.25) is 9.69 Å². The highest BCUT2D eigenvalue weighted by atomic mass is 31.2. The molecule has 6 nitrogen and oxygen atoms in total. The normalized spacial score (nSPS) is 34.4. The Morgan fingerprint density at radius 1 is 1.43 bits per heavy atom. The maximum Gasteiger partial charge on any atom is 0.326 e. The van der Waals surface area contributed by atoms with Gasteiger partial charge in [0, 0.05) is 18.5 Å². The molecule has 3 heterocycles.